The Hall–Kier alpha value is -0.930. The summed E-state index contributed by atoms with van der Waals surface area (Å²) in [7, 11) is 0. The average Bonchev–Trinajstić information content (AvgIpc) is 2.81. The van der Waals surface area contributed by atoms with Gasteiger partial charge in [-0.3, -0.25) is 4.98 Å². The van der Waals surface area contributed by atoms with Crippen LogP contribution in [0.4, 0.5) is 0 Å². The van der Waals surface area contributed by atoms with Crippen LogP contribution in [0.25, 0.3) is 0 Å². The van der Waals surface area contributed by atoms with Crippen molar-refractivity contribution in [2.45, 2.75) is 58.2 Å². The molecule has 1 fully saturated rings. The third kappa shape index (κ3) is 3.53. The molecule has 2 heterocycles. The van der Waals surface area contributed by atoms with Gasteiger partial charge in [0, 0.05) is 23.6 Å². The molecule has 0 saturated carbocycles. The van der Waals surface area contributed by atoms with Crippen molar-refractivity contribution in [2.24, 2.45) is 0 Å². The van der Waals surface area contributed by atoms with Crippen molar-refractivity contribution in [3.8, 4) is 0 Å². The lowest BCUT2D eigenvalue weighted by atomic mass is 10.0. The Balaban J connectivity index is 1.81. The first kappa shape index (κ1) is 13.5. The molecule has 1 aromatic heterocycles. The predicted molar refractivity (Wildman–Crippen MR) is 71.5 cm³/mol. The molecule has 2 rings (SSSR count). The summed E-state index contributed by atoms with van der Waals surface area (Å²) < 4.78 is 5.59. The molecule has 0 aromatic carbocycles. The zero-order valence-corrected chi connectivity index (χ0v) is 11.4. The fraction of sp³-hybridized carbons (Fsp3) is 0.667. The maximum Gasteiger partial charge on any atom is 0.0807 e. The van der Waals surface area contributed by atoms with Crippen LogP contribution in [0.1, 0.15) is 55.2 Å². The van der Waals surface area contributed by atoms with Crippen LogP contribution in [0.3, 0.4) is 0 Å². The first-order valence-corrected chi connectivity index (χ1v) is 6.90. The molecule has 0 radical (unpaired) electrons. The number of aliphatic hydroxyl groups is 1. The standard InChI is InChI=1S/C15H23NO2/c1-11-8-9-14(12(2)16-11)15(17)7-3-5-13-6-4-10-18-13/h8-9,13,15,17H,3-7,10H2,1-2H3. The third-order valence-electron chi connectivity index (χ3n) is 3.65. The zero-order chi connectivity index (χ0) is 13.0. The number of ether oxygens (including phenoxy) is 1. The Labute approximate surface area is 109 Å². The van der Waals surface area contributed by atoms with E-state index in [0.717, 1.165) is 42.8 Å². The van der Waals surface area contributed by atoms with Crippen molar-refractivity contribution in [1.82, 2.24) is 4.98 Å². The average molecular weight is 249 g/mol. The summed E-state index contributed by atoms with van der Waals surface area (Å²) in [4.78, 5) is 4.40. The molecule has 1 aliphatic rings. The molecular formula is C15H23NO2. The van der Waals surface area contributed by atoms with Crippen molar-refractivity contribution in [3.05, 3.63) is 29.1 Å². The van der Waals surface area contributed by atoms with Crippen molar-refractivity contribution >= 4 is 0 Å². The van der Waals surface area contributed by atoms with Crippen LogP contribution in [0.5, 0.6) is 0 Å². The summed E-state index contributed by atoms with van der Waals surface area (Å²) in [6, 6.07) is 3.96. The largest absolute Gasteiger partial charge is 0.388 e. The fourth-order valence-electron chi connectivity index (χ4n) is 2.62. The zero-order valence-electron chi connectivity index (χ0n) is 11.4. The third-order valence-corrected chi connectivity index (χ3v) is 3.65. The van der Waals surface area contributed by atoms with Crippen molar-refractivity contribution < 1.29 is 9.84 Å². The summed E-state index contributed by atoms with van der Waals surface area (Å²) in [6.07, 6.45) is 5.28. The molecule has 100 valence electrons. The van der Waals surface area contributed by atoms with Gasteiger partial charge in [0.2, 0.25) is 0 Å². The van der Waals surface area contributed by atoms with Gasteiger partial charge in [0.1, 0.15) is 0 Å². The molecule has 0 spiro atoms. The minimum atomic E-state index is -0.389. The van der Waals surface area contributed by atoms with E-state index in [1.54, 1.807) is 0 Å². The highest BCUT2D eigenvalue weighted by Crippen LogP contribution is 2.24. The van der Waals surface area contributed by atoms with Gasteiger partial charge in [-0.25, -0.2) is 0 Å². The van der Waals surface area contributed by atoms with Crippen molar-refractivity contribution in [1.29, 1.82) is 0 Å². The minimum Gasteiger partial charge on any atom is -0.388 e. The SMILES string of the molecule is Cc1ccc(C(O)CCCC2CCCO2)c(C)n1. The smallest absolute Gasteiger partial charge is 0.0807 e. The van der Waals surface area contributed by atoms with Gasteiger partial charge in [0.15, 0.2) is 0 Å². The molecule has 1 saturated heterocycles. The molecule has 1 aliphatic heterocycles. The quantitative estimate of drug-likeness (QED) is 0.872. The van der Waals surface area contributed by atoms with E-state index in [-0.39, 0.29) is 6.10 Å². The van der Waals surface area contributed by atoms with Crippen molar-refractivity contribution in [2.75, 3.05) is 6.61 Å². The lowest BCUT2D eigenvalue weighted by Crippen LogP contribution is -2.07. The van der Waals surface area contributed by atoms with Crippen LogP contribution >= 0.6 is 0 Å². The van der Waals surface area contributed by atoms with E-state index < -0.39 is 0 Å². The molecule has 18 heavy (non-hydrogen) atoms. The van der Waals surface area contributed by atoms with Gasteiger partial charge in [-0.15, -0.1) is 0 Å². The molecule has 0 aliphatic carbocycles. The van der Waals surface area contributed by atoms with E-state index in [2.05, 4.69) is 4.98 Å². The molecule has 2 unspecified atom stereocenters. The second-order valence-electron chi connectivity index (χ2n) is 5.21. The highest BCUT2D eigenvalue weighted by Gasteiger charge is 2.16. The van der Waals surface area contributed by atoms with E-state index in [4.69, 9.17) is 4.74 Å². The summed E-state index contributed by atoms with van der Waals surface area (Å²) in [5, 5.41) is 10.2. The fourth-order valence-corrected chi connectivity index (χ4v) is 2.62. The van der Waals surface area contributed by atoms with E-state index in [1.165, 1.54) is 12.8 Å². The van der Waals surface area contributed by atoms with Gasteiger partial charge in [-0.05, 0) is 52.0 Å². The lowest BCUT2D eigenvalue weighted by molar-refractivity contribution is 0.0943. The number of hydrogen-bond acceptors (Lipinski definition) is 3. The monoisotopic (exact) mass is 249 g/mol. The number of rotatable bonds is 5. The van der Waals surface area contributed by atoms with Gasteiger partial charge < -0.3 is 9.84 Å². The maximum absolute atomic E-state index is 10.2. The summed E-state index contributed by atoms with van der Waals surface area (Å²) >= 11 is 0. The van der Waals surface area contributed by atoms with E-state index in [1.807, 2.05) is 26.0 Å². The van der Waals surface area contributed by atoms with Crippen molar-refractivity contribution in [3.63, 3.8) is 0 Å². The molecule has 0 bridgehead atoms. The van der Waals surface area contributed by atoms with Crippen LogP contribution in [-0.2, 0) is 4.74 Å². The van der Waals surface area contributed by atoms with Gasteiger partial charge in [-0.1, -0.05) is 6.07 Å². The molecule has 1 aromatic rings. The highest BCUT2D eigenvalue weighted by atomic mass is 16.5. The number of aliphatic hydroxyl groups excluding tert-OH is 1. The Morgan fingerprint density at radius 1 is 1.44 bits per heavy atom. The maximum atomic E-state index is 10.2. The second kappa shape index (κ2) is 6.30. The number of nitrogens with zero attached hydrogens (tertiary/aromatic N) is 1. The number of aryl methyl sites for hydroxylation is 2. The Kier molecular flexibility index (Phi) is 4.72. The molecule has 3 heteroatoms. The molecule has 3 nitrogen and oxygen atoms in total. The Bertz CT molecular complexity index is 386. The predicted octanol–water partition coefficient (Wildman–Crippen LogP) is 3.08. The normalized spacial score (nSPS) is 21.2. The van der Waals surface area contributed by atoms with Crippen LogP contribution in [0, 0.1) is 13.8 Å². The van der Waals surface area contributed by atoms with Gasteiger partial charge in [0.05, 0.1) is 12.2 Å². The molecule has 1 N–H and O–H groups in total. The van der Waals surface area contributed by atoms with Gasteiger partial charge in [0.25, 0.3) is 0 Å². The Morgan fingerprint density at radius 3 is 2.94 bits per heavy atom. The van der Waals surface area contributed by atoms with Gasteiger partial charge >= 0.3 is 0 Å². The molecule has 2 atom stereocenters. The summed E-state index contributed by atoms with van der Waals surface area (Å²) in [5.74, 6) is 0. The van der Waals surface area contributed by atoms with E-state index >= 15 is 0 Å². The van der Waals surface area contributed by atoms with E-state index in [0.29, 0.717) is 6.10 Å². The summed E-state index contributed by atoms with van der Waals surface area (Å²) in [5.41, 5.74) is 2.91. The first-order chi connectivity index (χ1) is 8.66. The van der Waals surface area contributed by atoms with Crippen LogP contribution in [0.2, 0.25) is 0 Å². The highest BCUT2D eigenvalue weighted by molar-refractivity contribution is 5.23. The number of hydrogen-bond donors (Lipinski definition) is 1. The minimum absolute atomic E-state index is 0.389. The van der Waals surface area contributed by atoms with Crippen LogP contribution < -0.4 is 0 Å². The number of pyridine rings is 1. The van der Waals surface area contributed by atoms with E-state index in [9.17, 15) is 5.11 Å². The van der Waals surface area contributed by atoms with Crippen LogP contribution in [0.15, 0.2) is 12.1 Å². The van der Waals surface area contributed by atoms with Crippen LogP contribution in [-0.4, -0.2) is 22.8 Å². The molecule has 0 amide bonds. The lowest BCUT2D eigenvalue weighted by Gasteiger charge is -2.15. The van der Waals surface area contributed by atoms with Gasteiger partial charge in [-0.2, -0.15) is 0 Å². The summed E-state index contributed by atoms with van der Waals surface area (Å²) in [6.45, 7) is 4.85. The topological polar surface area (TPSA) is 42.4 Å². The molecular weight excluding hydrogens is 226 g/mol. The Morgan fingerprint density at radius 2 is 2.28 bits per heavy atom. The number of aromatic nitrogens is 1. The first-order valence-electron chi connectivity index (χ1n) is 6.90. The second-order valence-corrected chi connectivity index (χ2v) is 5.21.